The molecule has 216 valence electrons. The number of sulfonamides is 1. The van der Waals surface area contributed by atoms with Crippen molar-refractivity contribution in [3.8, 4) is 22.6 Å². The van der Waals surface area contributed by atoms with E-state index in [0.29, 0.717) is 12.1 Å². The van der Waals surface area contributed by atoms with Gasteiger partial charge in [-0.15, -0.1) is 13.2 Å². The number of ether oxygens (including phenoxy) is 2. The summed E-state index contributed by atoms with van der Waals surface area (Å²) >= 11 is 0. The van der Waals surface area contributed by atoms with E-state index in [0.717, 1.165) is 41.6 Å². The summed E-state index contributed by atoms with van der Waals surface area (Å²) in [6.45, 7) is 1.52. The molecule has 0 aliphatic heterocycles. The van der Waals surface area contributed by atoms with Gasteiger partial charge in [0.1, 0.15) is 28.5 Å². The molecule has 41 heavy (non-hydrogen) atoms. The number of hydrogen-bond donors (Lipinski definition) is 1. The minimum absolute atomic E-state index is 0.0737. The van der Waals surface area contributed by atoms with E-state index in [4.69, 9.17) is 4.74 Å². The highest BCUT2D eigenvalue weighted by atomic mass is 32.2. The Morgan fingerprint density at radius 1 is 1.05 bits per heavy atom. The van der Waals surface area contributed by atoms with Crippen LogP contribution in [-0.2, 0) is 14.8 Å². The Bertz CT molecular complexity index is 1660. The number of carbonyl (C=O) groups excluding carboxylic acids is 1. The van der Waals surface area contributed by atoms with Gasteiger partial charge in [-0.25, -0.2) is 22.2 Å². The van der Waals surface area contributed by atoms with Crippen LogP contribution in [0.25, 0.3) is 11.1 Å². The van der Waals surface area contributed by atoms with Gasteiger partial charge in [-0.2, -0.15) is 0 Å². The van der Waals surface area contributed by atoms with E-state index < -0.39 is 39.7 Å². The first-order valence-electron chi connectivity index (χ1n) is 11.5. The van der Waals surface area contributed by atoms with Gasteiger partial charge in [-0.05, 0) is 35.9 Å². The molecule has 2 aromatic carbocycles. The van der Waals surface area contributed by atoms with Crippen molar-refractivity contribution in [3.05, 3.63) is 72.6 Å². The molecule has 16 heteroatoms. The lowest BCUT2D eigenvalue weighted by Crippen LogP contribution is -2.26. The molecule has 2 heterocycles. The van der Waals surface area contributed by atoms with Gasteiger partial charge in [0.25, 0.3) is 10.0 Å². The molecule has 1 amide bonds. The Hall–Kier alpha value is -4.73. The van der Waals surface area contributed by atoms with Crippen LogP contribution < -0.4 is 19.1 Å². The second-order valence-electron chi connectivity index (χ2n) is 8.12. The zero-order chi connectivity index (χ0) is 29.9. The third kappa shape index (κ3) is 6.54. The summed E-state index contributed by atoms with van der Waals surface area (Å²) in [5, 5.41) is 3.46. The summed E-state index contributed by atoms with van der Waals surface area (Å²) in [4.78, 5) is 17.7. The Morgan fingerprint density at radius 2 is 1.80 bits per heavy atom. The molecule has 0 radical (unpaired) electrons. The highest BCUT2D eigenvalue weighted by Gasteiger charge is 2.33. The van der Waals surface area contributed by atoms with Crippen LogP contribution in [-0.4, -0.2) is 37.9 Å². The standard InChI is InChI=1S/C25H19F5N4O6S/c1-3-24(35)34(23-7-5-15(13-31-23)41(36,37)33-22-8-9-39-32-22)19-12-18(27)16(11-21(19)38-2)14-4-6-17(26)20(10-14)40-25(28,29)30/h4-13H,3H2,1-2H3,(H,32,33). The van der Waals surface area contributed by atoms with E-state index >= 15 is 4.39 Å². The molecular weight excluding hydrogens is 579 g/mol. The number of anilines is 3. The molecule has 4 aromatic rings. The van der Waals surface area contributed by atoms with E-state index in [9.17, 15) is 30.8 Å². The van der Waals surface area contributed by atoms with Crippen molar-refractivity contribution in [3.63, 3.8) is 0 Å². The number of rotatable bonds is 9. The third-order valence-corrected chi connectivity index (χ3v) is 6.81. The van der Waals surface area contributed by atoms with Crippen molar-refractivity contribution in [2.75, 3.05) is 16.7 Å². The quantitative estimate of drug-likeness (QED) is 0.240. The number of nitrogens with one attached hydrogen (secondary N) is 1. The van der Waals surface area contributed by atoms with Crippen LogP contribution in [0, 0.1) is 11.6 Å². The molecule has 0 aliphatic carbocycles. The van der Waals surface area contributed by atoms with Crippen LogP contribution in [0.15, 0.2) is 70.4 Å². The van der Waals surface area contributed by atoms with Crippen LogP contribution in [0.2, 0.25) is 0 Å². The number of alkyl halides is 3. The minimum Gasteiger partial charge on any atom is -0.495 e. The number of carbonyl (C=O) groups is 1. The topological polar surface area (TPSA) is 124 Å². The predicted molar refractivity (Wildman–Crippen MR) is 134 cm³/mol. The van der Waals surface area contributed by atoms with Gasteiger partial charge in [-0.3, -0.25) is 14.4 Å². The predicted octanol–water partition coefficient (Wildman–Crippen LogP) is 5.80. The van der Waals surface area contributed by atoms with Gasteiger partial charge in [0.15, 0.2) is 17.4 Å². The molecule has 0 saturated heterocycles. The summed E-state index contributed by atoms with van der Waals surface area (Å²) in [6.07, 6.45) is -3.14. The fourth-order valence-electron chi connectivity index (χ4n) is 3.65. The lowest BCUT2D eigenvalue weighted by molar-refractivity contribution is -0.275. The van der Waals surface area contributed by atoms with Gasteiger partial charge in [0, 0.05) is 30.3 Å². The minimum atomic E-state index is -5.19. The molecule has 1 N–H and O–H groups in total. The molecule has 0 fully saturated rings. The zero-order valence-electron chi connectivity index (χ0n) is 21.1. The maximum Gasteiger partial charge on any atom is 0.573 e. The molecule has 0 aliphatic rings. The van der Waals surface area contributed by atoms with E-state index in [2.05, 4.69) is 24.1 Å². The van der Waals surface area contributed by atoms with Crippen molar-refractivity contribution in [2.24, 2.45) is 0 Å². The highest BCUT2D eigenvalue weighted by molar-refractivity contribution is 7.92. The first-order valence-corrected chi connectivity index (χ1v) is 13.0. The fourth-order valence-corrected chi connectivity index (χ4v) is 4.58. The summed E-state index contributed by atoms with van der Waals surface area (Å²) in [7, 11) is -2.92. The van der Waals surface area contributed by atoms with Crippen molar-refractivity contribution in [1.82, 2.24) is 10.1 Å². The first kappa shape index (κ1) is 29.3. The maximum atomic E-state index is 15.4. The number of methoxy groups -OCH3 is 1. The normalized spacial score (nSPS) is 11.7. The Labute approximate surface area is 229 Å². The molecule has 2 aromatic heterocycles. The van der Waals surface area contributed by atoms with Crippen LogP contribution in [0.1, 0.15) is 13.3 Å². The SMILES string of the molecule is CCC(=O)N(c1ccc(S(=O)(=O)Nc2ccon2)cn1)c1cc(F)c(-c2ccc(F)c(OC(F)(F)F)c2)cc1OC. The van der Waals surface area contributed by atoms with Gasteiger partial charge >= 0.3 is 6.36 Å². The summed E-state index contributed by atoms with van der Waals surface area (Å²) in [5.74, 6) is -4.34. The number of benzene rings is 2. The molecule has 0 atom stereocenters. The number of amides is 1. The number of hydrogen-bond acceptors (Lipinski definition) is 8. The number of halogens is 5. The van der Waals surface area contributed by atoms with Gasteiger partial charge < -0.3 is 14.0 Å². The van der Waals surface area contributed by atoms with E-state index in [1.807, 2.05) is 0 Å². The maximum absolute atomic E-state index is 15.4. The summed E-state index contributed by atoms with van der Waals surface area (Å²) < 4.78 is 108. The average molecular weight is 599 g/mol. The van der Waals surface area contributed by atoms with Gasteiger partial charge in [-0.1, -0.05) is 18.1 Å². The number of aromatic nitrogens is 2. The smallest absolute Gasteiger partial charge is 0.495 e. The zero-order valence-corrected chi connectivity index (χ0v) is 21.9. The van der Waals surface area contributed by atoms with Crippen molar-refractivity contribution in [2.45, 2.75) is 24.6 Å². The van der Waals surface area contributed by atoms with Crippen LogP contribution in [0.4, 0.5) is 39.3 Å². The molecule has 0 bridgehead atoms. The summed E-state index contributed by atoms with van der Waals surface area (Å²) in [5.41, 5.74) is -0.596. The lowest BCUT2D eigenvalue weighted by atomic mass is 10.0. The second kappa shape index (κ2) is 11.4. The fraction of sp³-hybridized carbons (Fsp3) is 0.160. The Kier molecular flexibility index (Phi) is 8.14. The molecule has 10 nitrogen and oxygen atoms in total. The largest absolute Gasteiger partial charge is 0.573 e. The van der Waals surface area contributed by atoms with E-state index in [-0.39, 0.29) is 45.5 Å². The molecule has 0 unspecified atom stereocenters. The van der Waals surface area contributed by atoms with Crippen molar-refractivity contribution in [1.29, 1.82) is 0 Å². The number of pyridine rings is 1. The van der Waals surface area contributed by atoms with Crippen molar-refractivity contribution >= 4 is 33.3 Å². The summed E-state index contributed by atoms with van der Waals surface area (Å²) in [6, 6.07) is 8.01. The van der Waals surface area contributed by atoms with E-state index in [1.165, 1.54) is 26.2 Å². The first-order chi connectivity index (χ1) is 19.3. The van der Waals surface area contributed by atoms with Crippen LogP contribution in [0.5, 0.6) is 11.5 Å². The molecule has 0 saturated carbocycles. The molecule has 4 rings (SSSR count). The van der Waals surface area contributed by atoms with Crippen molar-refractivity contribution < 1.29 is 49.2 Å². The van der Waals surface area contributed by atoms with Gasteiger partial charge in [0.2, 0.25) is 5.91 Å². The van der Waals surface area contributed by atoms with Crippen LogP contribution in [0.3, 0.4) is 0 Å². The highest BCUT2D eigenvalue weighted by Crippen LogP contribution is 2.40. The lowest BCUT2D eigenvalue weighted by Gasteiger charge is -2.24. The monoisotopic (exact) mass is 598 g/mol. The van der Waals surface area contributed by atoms with Gasteiger partial charge in [0.05, 0.1) is 12.8 Å². The molecular formula is C25H19F5N4O6S. The Morgan fingerprint density at radius 3 is 2.39 bits per heavy atom. The Balaban J connectivity index is 1.74. The molecule has 0 spiro atoms. The second-order valence-corrected chi connectivity index (χ2v) is 9.80. The van der Waals surface area contributed by atoms with Crippen LogP contribution >= 0.6 is 0 Å². The number of nitrogens with zero attached hydrogens (tertiary/aromatic N) is 3. The van der Waals surface area contributed by atoms with E-state index in [1.54, 1.807) is 0 Å². The average Bonchev–Trinajstić information content (AvgIpc) is 3.42. The third-order valence-electron chi connectivity index (χ3n) is 5.47.